The molecule has 0 aromatic carbocycles. The van der Waals surface area contributed by atoms with E-state index in [1.165, 1.54) is 12.8 Å². The van der Waals surface area contributed by atoms with E-state index in [2.05, 4.69) is 25.1 Å². The zero-order valence-electron chi connectivity index (χ0n) is 14.4. The van der Waals surface area contributed by atoms with Crippen LogP contribution in [0.1, 0.15) is 40.5 Å². The SMILES string of the molecule is Cc1cncnc1N1CC2CN(C(=O)c3cc(C4CC4)[nH]n3)CC2C1. The van der Waals surface area contributed by atoms with Gasteiger partial charge >= 0.3 is 0 Å². The maximum Gasteiger partial charge on any atom is 0.274 e. The molecule has 2 aromatic rings. The number of H-pyrrole nitrogens is 1. The molecule has 1 saturated carbocycles. The van der Waals surface area contributed by atoms with Crippen LogP contribution in [0.2, 0.25) is 0 Å². The smallest absolute Gasteiger partial charge is 0.274 e. The molecule has 4 heterocycles. The van der Waals surface area contributed by atoms with Crippen molar-refractivity contribution in [3.8, 4) is 0 Å². The van der Waals surface area contributed by atoms with E-state index in [4.69, 9.17) is 0 Å². The fraction of sp³-hybridized carbons (Fsp3) is 0.556. The minimum atomic E-state index is 0.0716. The van der Waals surface area contributed by atoms with E-state index in [0.29, 0.717) is 23.4 Å². The number of carbonyl (C=O) groups is 1. The van der Waals surface area contributed by atoms with E-state index in [1.54, 1.807) is 6.33 Å². The van der Waals surface area contributed by atoms with Crippen molar-refractivity contribution in [2.45, 2.75) is 25.7 Å². The summed E-state index contributed by atoms with van der Waals surface area (Å²) in [7, 11) is 0. The van der Waals surface area contributed by atoms with Gasteiger partial charge in [0.2, 0.25) is 0 Å². The highest BCUT2D eigenvalue weighted by Gasteiger charge is 2.42. The molecule has 1 N–H and O–H groups in total. The Morgan fingerprint density at radius 3 is 2.64 bits per heavy atom. The zero-order chi connectivity index (χ0) is 17.0. The average Bonchev–Trinajstić information content (AvgIpc) is 3.04. The predicted molar refractivity (Wildman–Crippen MR) is 92.4 cm³/mol. The first-order chi connectivity index (χ1) is 12.2. The number of nitrogens with one attached hydrogen (secondary N) is 1. The van der Waals surface area contributed by atoms with E-state index < -0.39 is 0 Å². The Bertz CT molecular complexity index is 799. The maximum absolute atomic E-state index is 12.7. The van der Waals surface area contributed by atoms with Crippen molar-refractivity contribution in [3.63, 3.8) is 0 Å². The Morgan fingerprint density at radius 2 is 1.96 bits per heavy atom. The molecule has 2 atom stereocenters. The Hall–Kier alpha value is -2.44. The van der Waals surface area contributed by atoms with Crippen molar-refractivity contribution in [1.29, 1.82) is 0 Å². The summed E-state index contributed by atoms with van der Waals surface area (Å²) < 4.78 is 0. The summed E-state index contributed by atoms with van der Waals surface area (Å²) in [5.41, 5.74) is 2.80. The van der Waals surface area contributed by atoms with Crippen molar-refractivity contribution < 1.29 is 4.79 Å². The number of carbonyl (C=O) groups excluding carboxylic acids is 1. The molecule has 5 rings (SSSR count). The lowest BCUT2D eigenvalue weighted by Crippen LogP contribution is -2.33. The second-order valence-corrected chi connectivity index (χ2v) is 7.65. The molecule has 130 valence electrons. The standard InChI is InChI=1S/C18H22N6O/c1-11-5-19-10-20-17(11)23-6-13-8-24(9-14(13)7-23)18(25)16-4-15(21-22-16)12-2-3-12/h4-5,10,12-14H,2-3,6-9H2,1H3,(H,21,22). The Kier molecular flexibility index (Phi) is 3.29. The Morgan fingerprint density at radius 1 is 1.20 bits per heavy atom. The normalized spacial score (nSPS) is 25.5. The summed E-state index contributed by atoms with van der Waals surface area (Å²) in [4.78, 5) is 25.6. The van der Waals surface area contributed by atoms with Gasteiger partial charge in [-0.05, 0) is 25.8 Å². The number of rotatable bonds is 3. The molecule has 3 aliphatic rings. The number of aryl methyl sites for hydroxylation is 1. The van der Waals surface area contributed by atoms with Crippen LogP contribution in [0.15, 0.2) is 18.6 Å². The van der Waals surface area contributed by atoms with Crippen molar-refractivity contribution >= 4 is 11.7 Å². The Balaban J connectivity index is 1.26. The van der Waals surface area contributed by atoms with Crippen molar-refractivity contribution in [2.75, 3.05) is 31.1 Å². The fourth-order valence-corrected chi connectivity index (χ4v) is 4.27. The van der Waals surface area contributed by atoms with Crippen LogP contribution in [0.5, 0.6) is 0 Å². The second kappa shape index (κ2) is 5.54. The molecule has 0 spiro atoms. The summed E-state index contributed by atoms with van der Waals surface area (Å²) in [6.45, 7) is 5.60. The lowest BCUT2D eigenvalue weighted by molar-refractivity contribution is 0.0776. The van der Waals surface area contributed by atoms with Crippen LogP contribution in [0.3, 0.4) is 0 Å². The third kappa shape index (κ3) is 2.58. The topological polar surface area (TPSA) is 78.0 Å². The van der Waals surface area contributed by atoms with Crippen LogP contribution in [0, 0.1) is 18.8 Å². The summed E-state index contributed by atoms with van der Waals surface area (Å²) >= 11 is 0. The lowest BCUT2D eigenvalue weighted by Gasteiger charge is -2.23. The summed E-state index contributed by atoms with van der Waals surface area (Å²) in [6.07, 6.45) is 5.90. The fourth-order valence-electron chi connectivity index (χ4n) is 4.27. The largest absolute Gasteiger partial charge is 0.356 e. The zero-order valence-corrected chi connectivity index (χ0v) is 14.4. The third-order valence-electron chi connectivity index (χ3n) is 5.77. The van der Waals surface area contributed by atoms with Crippen molar-refractivity contribution in [3.05, 3.63) is 35.5 Å². The van der Waals surface area contributed by atoms with Gasteiger partial charge in [-0.3, -0.25) is 9.89 Å². The highest BCUT2D eigenvalue weighted by atomic mass is 16.2. The molecule has 0 radical (unpaired) electrons. The van der Waals surface area contributed by atoms with E-state index in [9.17, 15) is 4.79 Å². The predicted octanol–water partition coefficient (Wildman–Crippen LogP) is 1.59. The van der Waals surface area contributed by atoms with Gasteiger partial charge in [0.15, 0.2) is 0 Å². The first-order valence-electron chi connectivity index (χ1n) is 9.05. The second-order valence-electron chi connectivity index (χ2n) is 7.65. The van der Waals surface area contributed by atoms with Gasteiger partial charge < -0.3 is 9.80 Å². The van der Waals surface area contributed by atoms with Crippen molar-refractivity contribution in [1.82, 2.24) is 25.1 Å². The highest BCUT2D eigenvalue weighted by Crippen LogP contribution is 2.39. The number of aromatic amines is 1. The van der Waals surface area contributed by atoms with Gasteiger partial charge in [0.25, 0.3) is 5.91 Å². The molecular weight excluding hydrogens is 316 g/mol. The van der Waals surface area contributed by atoms with E-state index >= 15 is 0 Å². The molecule has 1 aliphatic carbocycles. The average molecular weight is 338 g/mol. The molecule has 1 amide bonds. The molecule has 0 bridgehead atoms. The number of hydrogen-bond acceptors (Lipinski definition) is 5. The number of amides is 1. The number of likely N-dealkylation sites (tertiary alicyclic amines) is 1. The van der Waals surface area contributed by atoms with E-state index in [1.807, 2.05) is 24.1 Å². The molecule has 2 aliphatic heterocycles. The molecule has 2 unspecified atom stereocenters. The number of nitrogens with zero attached hydrogens (tertiary/aromatic N) is 5. The van der Waals surface area contributed by atoms with Gasteiger partial charge in [0.1, 0.15) is 17.8 Å². The van der Waals surface area contributed by atoms with E-state index in [0.717, 1.165) is 43.3 Å². The highest BCUT2D eigenvalue weighted by molar-refractivity contribution is 5.92. The molecule has 7 heteroatoms. The monoisotopic (exact) mass is 338 g/mol. The minimum absolute atomic E-state index is 0.0716. The number of hydrogen-bond donors (Lipinski definition) is 1. The molecular formula is C18H22N6O. The molecule has 25 heavy (non-hydrogen) atoms. The minimum Gasteiger partial charge on any atom is -0.356 e. The number of aromatic nitrogens is 4. The first kappa shape index (κ1) is 14.9. The molecule has 3 fully saturated rings. The molecule has 7 nitrogen and oxygen atoms in total. The van der Waals surface area contributed by atoms with Crippen LogP contribution in [0.4, 0.5) is 5.82 Å². The van der Waals surface area contributed by atoms with Gasteiger partial charge in [-0.15, -0.1) is 0 Å². The third-order valence-corrected chi connectivity index (χ3v) is 5.77. The summed E-state index contributed by atoms with van der Waals surface area (Å²) in [5, 5.41) is 7.28. The quantitative estimate of drug-likeness (QED) is 0.920. The van der Waals surface area contributed by atoms with Crippen LogP contribution in [-0.2, 0) is 0 Å². The van der Waals surface area contributed by atoms with Crippen LogP contribution < -0.4 is 4.90 Å². The molecule has 2 saturated heterocycles. The Labute approximate surface area is 146 Å². The first-order valence-corrected chi connectivity index (χ1v) is 9.05. The van der Waals surface area contributed by atoms with Crippen molar-refractivity contribution in [2.24, 2.45) is 11.8 Å². The van der Waals surface area contributed by atoms with Crippen LogP contribution in [0.25, 0.3) is 0 Å². The molecule has 2 aromatic heterocycles. The lowest BCUT2D eigenvalue weighted by atomic mass is 10.0. The van der Waals surface area contributed by atoms with Gasteiger partial charge in [0.05, 0.1) is 0 Å². The van der Waals surface area contributed by atoms with Gasteiger partial charge in [-0.1, -0.05) is 0 Å². The summed E-state index contributed by atoms with van der Waals surface area (Å²) in [5.74, 6) is 2.72. The van der Waals surface area contributed by atoms with Crippen LogP contribution in [-0.4, -0.2) is 57.2 Å². The summed E-state index contributed by atoms with van der Waals surface area (Å²) in [6, 6.07) is 1.95. The van der Waals surface area contributed by atoms with Gasteiger partial charge in [-0.2, -0.15) is 5.10 Å². The maximum atomic E-state index is 12.7. The number of fused-ring (bicyclic) bond motifs is 1. The van der Waals surface area contributed by atoms with Gasteiger partial charge in [0, 0.05) is 61.4 Å². The van der Waals surface area contributed by atoms with Gasteiger partial charge in [-0.25, -0.2) is 9.97 Å². The van der Waals surface area contributed by atoms with E-state index in [-0.39, 0.29) is 5.91 Å². The number of anilines is 1. The van der Waals surface area contributed by atoms with Crippen LogP contribution >= 0.6 is 0 Å².